The van der Waals surface area contributed by atoms with Gasteiger partial charge in [-0.1, -0.05) is 24.3 Å². The van der Waals surface area contributed by atoms with E-state index in [1.807, 2.05) is 37.4 Å². The Hall–Kier alpha value is -2.07. The van der Waals surface area contributed by atoms with Gasteiger partial charge in [0, 0.05) is 19.8 Å². The normalized spacial score (nSPS) is 10.2. The average Bonchev–Trinajstić information content (AvgIpc) is 2.46. The Morgan fingerprint density at radius 1 is 1.05 bits per heavy atom. The predicted octanol–water partition coefficient (Wildman–Crippen LogP) is 3.06. The van der Waals surface area contributed by atoms with Gasteiger partial charge in [0.05, 0.1) is 6.61 Å². The summed E-state index contributed by atoms with van der Waals surface area (Å²) in [6, 6.07) is 14.1. The first-order chi connectivity index (χ1) is 9.33. The summed E-state index contributed by atoms with van der Waals surface area (Å²) in [6.07, 6.45) is 0.880. The van der Waals surface area contributed by atoms with Gasteiger partial charge < -0.3 is 15.4 Å². The number of hydrogen-bond acceptors (Lipinski definition) is 4. The van der Waals surface area contributed by atoms with E-state index in [1.54, 1.807) is 7.11 Å². The minimum atomic E-state index is 0.711. The monoisotopic (exact) mass is 257 g/mol. The maximum absolute atomic E-state index is 5.13. The van der Waals surface area contributed by atoms with Crippen LogP contribution in [-0.2, 0) is 11.2 Å². The van der Waals surface area contributed by atoms with Crippen molar-refractivity contribution in [1.29, 1.82) is 0 Å². The van der Waals surface area contributed by atoms with E-state index in [1.165, 1.54) is 5.56 Å². The van der Waals surface area contributed by atoms with Gasteiger partial charge in [-0.25, -0.2) is 4.98 Å². The topological polar surface area (TPSA) is 46.2 Å². The smallest absolute Gasteiger partial charge is 0.132 e. The molecule has 1 heterocycles. The third kappa shape index (κ3) is 3.69. The second-order valence-corrected chi connectivity index (χ2v) is 4.18. The fourth-order valence-electron chi connectivity index (χ4n) is 1.85. The molecule has 4 nitrogen and oxygen atoms in total. The highest BCUT2D eigenvalue weighted by Gasteiger charge is 2.03. The molecule has 0 unspecified atom stereocenters. The van der Waals surface area contributed by atoms with Gasteiger partial charge in [-0.2, -0.15) is 0 Å². The van der Waals surface area contributed by atoms with Crippen LogP contribution < -0.4 is 10.6 Å². The lowest BCUT2D eigenvalue weighted by Crippen LogP contribution is -2.02. The Bertz CT molecular complexity index is 528. The van der Waals surface area contributed by atoms with Crippen LogP contribution in [0.4, 0.5) is 17.3 Å². The zero-order valence-corrected chi connectivity index (χ0v) is 11.3. The lowest BCUT2D eigenvalue weighted by atomic mass is 10.1. The Morgan fingerprint density at radius 2 is 1.84 bits per heavy atom. The number of methoxy groups -OCH3 is 1. The van der Waals surface area contributed by atoms with E-state index in [4.69, 9.17) is 4.74 Å². The molecule has 0 radical (unpaired) electrons. The molecule has 1 aromatic carbocycles. The summed E-state index contributed by atoms with van der Waals surface area (Å²) in [5, 5.41) is 6.38. The van der Waals surface area contributed by atoms with E-state index in [2.05, 4.69) is 27.8 Å². The van der Waals surface area contributed by atoms with Gasteiger partial charge in [0.25, 0.3) is 0 Å². The molecule has 2 rings (SSSR count). The summed E-state index contributed by atoms with van der Waals surface area (Å²) in [4.78, 5) is 4.45. The van der Waals surface area contributed by atoms with Crippen LogP contribution >= 0.6 is 0 Å². The maximum Gasteiger partial charge on any atom is 0.132 e. The van der Waals surface area contributed by atoms with Crippen molar-refractivity contribution in [2.45, 2.75) is 6.42 Å². The Balaban J connectivity index is 2.17. The minimum Gasteiger partial charge on any atom is -0.384 e. The summed E-state index contributed by atoms with van der Waals surface area (Å²) < 4.78 is 5.13. The van der Waals surface area contributed by atoms with Crippen LogP contribution in [0.1, 0.15) is 5.56 Å². The molecule has 2 N–H and O–H groups in total. The summed E-state index contributed by atoms with van der Waals surface area (Å²) >= 11 is 0. The van der Waals surface area contributed by atoms with E-state index >= 15 is 0 Å². The number of pyridine rings is 1. The average molecular weight is 257 g/mol. The van der Waals surface area contributed by atoms with Crippen LogP contribution in [0.2, 0.25) is 0 Å². The van der Waals surface area contributed by atoms with Gasteiger partial charge in [-0.15, -0.1) is 0 Å². The van der Waals surface area contributed by atoms with Crippen molar-refractivity contribution < 1.29 is 4.74 Å². The zero-order valence-electron chi connectivity index (χ0n) is 11.3. The van der Waals surface area contributed by atoms with Crippen LogP contribution in [0.3, 0.4) is 0 Å². The molecule has 0 atom stereocenters. The number of hydrogen-bond donors (Lipinski definition) is 2. The molecule has 100 valence electrons. The highest BCUT2D eigenvalue weighted by atomic mass is 16.5. The van der Waals surface area contributed by atoms with Gasteiger partial charge in [0.1, 0.15) is 11.6 Å². The third-order valence-electron chi connectivity index (χ3n) is 2.86. The number of benzene rings is 1. The molecular weight excluding hydrogens is 238 g/mol. The molecular formula is C15H19N3O. The lowest BCUT2D eigenvalue weighted by Gasteiger charge is -2.12. The van der Waals surface area contributed by atoms with Crippen LogP contribution in [0.15, 0.2) is 42.5 Å². The SMILES string of the molecule is CNc1cccc(Nc2ccccc2CCOC)n1. The molecule has 0 aliphatic rings. The Labute approximate surface area is 113 Å². The van der Waals surface area contributed by atoms with E-state index in [0.29, 0.717) is 6.61 Å². The van der Waals surface area contributed by atoms with E-state index in [0.717, 1.165) is 23.7 Å². The first-order valence-corrected chi connectivity index (χ1v) is 6.32. The standard InChI is InChI=1S/C15H19N3O/c1-16-14-8-5-9-15(18-14)17-13-7-4-3-6-12(13)10-11-19-2/h3-9H,10-11H2,1-2H3,(H2,16,17,18). The van der Waals surface area contributed by atoms with Crippen molar-refractivity contribution in [2.75, 3.05) is 31.4 Å². The van der Waals surface area contributed by atoms with Crippen LogP contribution in [0.25, 0.3) is 0 Å². The number of aromatic nitrogens is 1. The van der Waals surface area contributed by atoms with Crippen molar-refractivity contribution in [3.63, 3.8) is 0 Å². The number of nitrogens with zero attached hydrogens (tertiary/aromatic N) is 1. The Kier molecular flexibility index (Phi) is 4.75. The highest BCUT2D eigenvalue weighted by Crippen LogP contribution is 2.21. The molecule has 0 aliphatic heterocycles. The van der Waals surface area contributed by atoms with Gasteiger partial charge in [0.2, 0.25) is 0 Å². The minimum absolute atomic E-state index is 0.711. The van der Waals surface area contributed by atoms with Gasteiger partial charge in [-0.3, -0.25) is 0 Å². The molecule has 0 bridgehead atoms. The fourth-order valence-corrected chi connectivity index (χ4v) is 1.85. The number of ether oxygens (including phenoxy) is 1. The third-order valence-corrected chi connectivity index (χ3v) is 2.86. The van der Waals surface area contributed by atoms with Crippen LogP contribution in [-0.4, -0.2) is 25.7 Å². The summed E-state index contributed by atoms with van der Waals surface area (Å²) in [5.41, 5.74) is 2.29. The summed E-state index contributed by atoms with van der Waals surface area (Å²) in [7, 11) is 3.58. The quantitative estimate of drug-likeness (QED) is 0.835. The molecule has 0 aliphatic carbocycles. The van der Waals surface area contributed by atoms with Crippen molar-refractivity contribution in [3.05, 3.63) is 48.0 Å². The molecule has 0 saturated heterocycles. The van der Waals surface area contributed by atoms with E-state index in [-0.39, 0.29) is 0 Å². The second-order valence-electron chi connectivity index (χ2n) is 4.18. The predicted molar refractivity (Wildman–Crippen MR) is 79.1 cm³/mol. The van der Waals surface area contributed by atoms with Crippen molar-refractivity contribution in [2.24, 2.45) is 0 Å². The molecule has 4 heteroatoms. The largest absolute Gasteiger partial charge is 0.384 e. The first-order valence-electron chi connectivity index (χ1n) is 6.32. The van der Waals surface area contributed by atoms with Crippen molar-refractivity contribution in [1.82, 2.24) is 4.98 Å². The highest BCUT2D eigenvalue weighted by molar-refractivity contribution is 5.61. The van der Waals surface area contributed by atoms with Gasteiger partial charge in [-0.05, 0) is 30.2 Å². The van der Waals surface area contributed by atoms with E-state index in [9.17, 15) is 0 Å². The summed E-state index contributed by atoms with van der Waals surface area (Å²) in [6.45, 7) is 0.711. The second kappa shape index (κ2) is 6.75. The molecule has 1 aromatic heterocycles. The van der Waals surface area contributed by atoms with Gasteiger partial charge in [0.15, 0.2) is 0 Å². The number of nitrogens with one attached hydrogen (secondary N) is 2. The number of para-hydroxylation sites is 1. The van der Waals surface area contributed by atoms with Crippen molar-refractivity contribution in [3.8, 4) is 0 Å². The number of rotatable bonds is 6. The molecule has 2 aromatic rings. The molecule has 0 fully saturated rings. The molecule has 0 spiro atoms. The first kappa shape index (κ1) is 13.4. The summed E-state index contributed by atoms with van der Waals surface area (Å²) in [5.74, 6) is 1.68. The Morgan fingerprint density at radius 3 is 2.63 bits per heavy atom. The van der Waals surface area contributed by atoms with Crippen molar-refractivity contribution >= 4 is 17.3 Å². The number of anilines is 3. The lowest BCUT2D eigenvalue weighted by molar-refractivity contribution is 0.202. The molecule has 0 saturated carbocycles. The maximum atomic E-state index is 5.13. The van der Waals surface area contributed by atoms with Crippen LogP contribution in [0, 0.1) is 0 Å². The van der Waals surface area contributed by atoms with Gasteiger partial charge >= 0.3 is 0 Å². The molecule has 0 amide bonds. The fraction of sp³-hybridized carbons (Fsp3) is 0.267. The zero-order chi connectivity index (χ0) is 13.5. The van der Waals surface area contributed by atoms with E-state index < -0.39 is 0 Å². The molecule has 19 heavy (non-hydrogen) atoms. The van der Waals surface area contributed by atoms with Crippen LogP contribution in [0.5, 0.6) is 0 Å².